The normalized spacial score (nSPS) is 10.6. The molecule has 0 aromatic heterocycles. The van der Waals surface area contributed by atoms with E-state index in [0.717, 1.165) is 30.1 Å². The van der Waals surface area contributed by atoms with Gasteiger partial charge in [-0.05, 0) is 48.4 Å². The zero-order valence-electron chi connectivity index (χ0n) is 17.9. The number of carbonyl (C=O) groups excluding carboxylic acids is 1. The van der Waals surface area contributed by atoms with Crippen molar-refractivity contribution in [3.05, 3.63) is 59.7 Å². The van der Waals surface area contributed by atoms with Crippen molar-refractivity contribution in [1.29, 1.82) is 0 Å². The highest BCUT2D eigenvalue weighted by atomic mass is 16.5. The Labute approximate surface area is 175 Å². The molecule has 0 aliphatic rings. The minimum atomic E-state index is -0.0876. The Kier molecular flexibility index (Phi) is 10.7. The third-order valence-electron chi connectivity index (χ3n) is 5.00. The predicted octanol–water partition coefficient (Wildman–Crippen LogP) is 6.14. The average molecular weight is 398 g/mol. The molecule has 0 atom stereocenters. The molecule has 0 fully saturated rings. The lowest BCUT2D eigenvalue weighted by Crippen LogP contribution is -2.22. The second-order valence-corrected chi connectivity index (χ2v) is 7.38. The molecular formula is C25H35NO3. The number of hydrogen-bond donors (Lipinski definition) is 1. The third-order valence-corrected chi connectivity index (χ3v) is 5.00. The fraction of sp³-hybridized carbons (Fsp3) is 0.480. The molecule has 1 N–H and O–H groups in total. The molecule has 0 aliphatic carbocycles. The van der Waals surface area contributed by atoms with E-state index >= 15 is 0 Å². The summed E-state index contributed by atoms with van der Waals surface area (Å²) in [6.45, 7) is 3.47. The zero-order valence-corrected chi connectivity index (χ0v) is 17.9. The number of benzene rings is 2. The Bertz CT molecular complexity index is 695. The average Bonchev–Trinajstić information content (AvgIpc) is 2.77. The second-order valence-electron chi connectivity index (χ2n) is 7.38. The quantitative estimate of drug-likeness (QED) is 0.389. The summed E-state index contributed by atoms with van der Waals surface area (Å²) < 4.78 is 10.9. The number of ether oxygens (including phenoxy) is 2. The molecule has 0 aliphatic heterocycles. The molecule has 1 amide bonds. The van der Waals surface area contributed by atoms with Crippen LogP contribution >= 0.6 is 0 Å². The van der Waals surface area contributed by atoms with Crippen LogP contribution in [-0.4, -0.2) is 19.6 Å². The summed E-state index contributed by atoms with van der Waals surface area (Å²) in [6.07, 6.45) is 10.3. The van der Waals surface area contributed by atoms with Gasteiger partial charge in [-0.25, -0.2) is 0 Å². The highest BCUT2D eigenvalue weighted by molar-refractivity contribution is 5.94. The summed E-state index contributed by atoms with van der Waals surface area (Å²) in [5.74, 6) is 1.54. The zero-order chi connectivity index (χ0) is 20.7. The molecule has 4 nitrogen and oxygen atoms in total. The highest BCUT2D eigenvalue weighted by Gasteiger charge is 2.06. The first-order valence-electron chi connectivity index (χ1n) is 10.9. The van der Waals surface area contributed by atoms with Gasteiger partial charge >= 0.3 is 0 Å². The Balaban J connectivity index is 1.62. The van der Waals surface area contributed by atoms with Crippen LogP contribution in [0.25, 0.3) is 0 Å². The Morgan fingerprint density at radius 3 is 2.00 bits per heavy atom. The van der Waals surface area contributed by atoms with E-state index in [-0.39, 0.29) is 5.91 Å². The molecule has 0 saturated heterocycles. The lowest BCUT2D eigenvalue weighted by molar-refractivity contribution is 0.0951. The van der Waals surface area contributed by atoms with E-state index in [0.29, 0.717) is 12.1 Å². The van der Waals surface area contributed by atoms with Crippen molar-refractivity contribution in [3.63, 3.8) is 0 Å². The van der Waals surface area contributed by atoms with Crippen LogP contribution in [-0.2, 0) is 6.54 Å². The van der Waals surface area contributed by atoms with Gasteiger partial charge in [0.1, 0.15) is 11.5 Å². The van der Waals surface area contributed by atoms with E-state index in [2.05, 4.69) is 12.2 Å². The molecule has 2 aromatic carbocycles. The summed E-state index contributed by atoms with van der Waals surface area (Å²) in [5, 5.41) is 2.94. The molecule has 0 heterocycles. The van der Waals surface area contributed by atoms with E-state index in [9.17, 15) is 4.79 Å². The molecule has 2 rings (SSSR count). The van der Waals surface area contributed by atoms with Crippen molar-refractivity contribution >= 4 is 5.91 Å². The van der Waals surface area contributed by atoms with Crippen molar-refractivity contribution in [3.8, 4) is 11.5 Å². The fourth-order valence-corrected chi connectivity index (χ4v) is 3.16. The van der Waals surface area contributed by atoms with Gasteiger partial charge in [0, 0.05) is 12.1 Å². The fourth-order valence-electron chi connectivity index (χ4n) is 3.16. The highest BCUT2D eigenvalue weighted by Crippen LogP contribution is 2.15. The molecule has 158 valence electrons. The molecule has 0 bridgehead atoms. The van der Waals surface area contributed by atoms with Gasteiger partial charge in [-0.3, -0.25) is 4.79 Å². The third kappa shape index (κ3) is 9.03. The lowest BCUT2D eigenvalue weighted by atomic mass is 10.1. The van der Waals surface area contributed by atoms with Gasteiger partial charge in [0.25, 0.3) is 5.91 Å². The molecule has 0 saturated carbocycles. The van der Waals surface area contributed by atoms with Crippen LogP contribution in [0.2, 0.25) is 0 Å². The van der Waals surface area contributed by atoms with Crippen molar-refractivity contribution in [2.75, 3.05) is 13.7 Å². The van der Waals surface area contributed by atoms with Crippen LogP contribution in [0.3, 0.4) is 0 Å². The van der Waals surface area contributed by atoms with Crippen molar-refractivity contribution < 1.29 is 14.3 Å². The molecule has 0 radical (unpaired) electrons. The van der Waals surface area contributed by atoms with Gasteiger partial charge in [-0.1, -0.05) is 64.0 Å². The van der Waals surface area contributed by atoms with Crippen molar-refractivity contribution in [1.82, 2.24) is 5.32 Å². The van der Waals surface area contributed by atoms with E-state index < -0.39 is 0 Å². The van der Waals surface area contributed by atoms with Crippen LogP contribution in [0.15, 0.2) is 48.5 Å². The van der Waals surface area contributed by atoms with E-state index in [1.165, 1.54) is 44.9 Å². The van der Waals surface area contributed by atoms with Crippen LogP contribution in [0.5, 0.6) is 11.5 Å². The molecule has 4 heteroatoms. The van der Waals surface area contributed by atoms with Gasteiger partial charge in [-0.15, -0.1) is 0 Å². The van der Waals surface area contributed by atoms with E-state index in [1.54, 1.807) is 7.11 Å². The maximum absolute atomic E-state index is 12.3. The van der Waals surface area contributed by atoms with Gasteiger partial charge < -0.3 is 14.8 Å². The lowest BCUT2D eigenvalue weighted by Gasteiger charge is -2.09. The van der Waals surface area contributed by atoms with Crippen LogP contribution in [0.1, 0.15) is 74.2 Å². The minimum Gasteiger partial charge on any atom is -0.497 e. The van der Waals surface area contributed by atoms with Gasteiger partial charge in [-0.2, -0.15) is 0 Å². The predicted molar refractivity (Wildman–Crippen MR) is 119 cm³/mol. The van der Waals surface area contributed by atoms with Crippen LogP contribution in [0, 0.1) is 0 Å². The number of amides is 1. The van der Waals surface area contributed by atoms with Crippen LogP contribution in [0.4, 0.5) is 0 Å². The van der Waals surface area contributed by atoms with Gasteiger partial charge in [0.2, 0.25) is 0 Å². The van der Waals surface area contributed by atoms with E-state index in [1.807, 2.05) is 48.5 Å². The monoisotopic (exact) mass is 397 g/mol. The van der Waals surface area contributed by atoms with Gasteiger partial charge in [0.15, 0.2) is 0 Å². The molecule has 29 heavy (non-hydrogen) atoms. The first kappa shape index (κ1) is 22.8. The number of hydrogen-bond acceptors (Lipinski definition) is 3. The summed E-state index contributed by atoms with van der Waals surface area (Å²) in [4.78, 5) is 12.3. The first-order chi connectivity index (χ1) is 14.2. The number of methoxy groups -OCH3 is 1. The largest absolute Gasteiger partial charge is 0.497 e. The first-order valence-corrected chi connectivity index (χ1v) is 10.9. The van der Waals surface area contributed by atoms with Gasteiger partial charge in [0.05, 0.1) is 13.7 Å². The van der Waals surface area contributed by atoms with Crippen LogP contribution < -0.4 is 14.8 Å². The van der Waals surface area contributed by atoms with Crippen molar-refractivity contribution in [2.45, 2.75) is 64.8 Å². The maximum atomic E-state index is 12.3. The smallest absolute Gasteiger partial charge is 0.251 e. The summed E-state index contributed by atoms with van der Waals surface area (Å²) >= 11 is 0. The number of unbranched alkanes of at least 4 members (excludes halogenated alkanes) is 7. The topological polar surface area (TPSA) is 47.6 Å². The Hall–Kier alpha value is -2.49. The standard InChI is InChI=1S/C25H35NO3/c1-3-4-5-6-7-8-9-10-19-29-24-17-13-22(14-18-24)25(27)26-20-21-11-15-23(28-2)16-12-21/h11-18H,3-10,19-20H2,1-2H3,(H,26,27). The summed E-state index contributed by atoms with van der Waals surface area (Å²) in [7, 11) is 1.64. The summed E-state index contributed by atoms with van der Waals surface area (Å²) in [6, 6.07) is 15.0. The maximum Gasteiger partial charge on any atom is 0.251 e. The Morgan fingerprint density at radius 2 is 1.38 bits per heavy atom. The SMILES string of the molecule is CCCCCCCCCCOc1ccc(C(=O)NCc2ccc(OC)cc2)cc1. The summed E-state index contributed by atoms with van der Waals surface area (Å²) in [5.41, 5.74) is 1.67. The minimum absolute atomic E-state index is 0.0876. The van der Waals surface area contributed by atoms with E-state index in [4.69, 9.17) is 9.47 Å². The number of carbonyl (C=O) groups is 1. The molecule has 2 aromatic rings. The number of rotatable bonds is 14. The molecule has 0 spiro atoms. The Morgan fingerprint density at radius 1 is 0.793 bits per heavy atom. The molecule has 0 unspecified atom stereocenters. The van der Waals surface area contributed by atoms with Crippen molar-refractivity contribution in [2.24, 2.45) is 0 Å². The number of nitrogens with one attached hydrogen (secondary N) is 1. The second kappa shape index (κ2) is 13.6. The molecular weight excluding hydrogens is 362 g/mol.